The molecular weight excluding hydrogens is 458 g/mol. The van der Waals surface area contributed by atoms with Crippen molar-refractivity contribution < 1.29 is 14.6 Å². The highest BCUT2D eigenvalue weighted by molar-refractivity contribution is 5.86. The average molecular weight is 492 g/mol. The first kappa shape index (κ1) is 24.9. The van der Waals surface area contributed by atoms with Gasteiger partial charge < -0.3 is 9.84 Å². The molecule has 4 aromatic rings. The normalized spacial score (nSPS) is 14.3. The summed E-state index contributed by atoms with van der Waals surface area (Å²) < 4.78 is 5.72. The largest absolute Gasteiger partial charge is 0.462 e. The Kier molecular flexibility index (Phi) is 7.79. The van der Waals surface area contributed by atoms with Gasteiger partial charge in [0.15, 0.2) is 0 Å². The van der Waals surface area contributed by atoms with Gasteiger partial charge in [0.1, 0.15) is 6.61 Å². The van der Waals surface area contributed by atoms with Gasteiger partial charge >= 0.3 is 5.97 Å². The average Bonchev–Trinajstić information content (AvgIpc) is 2.98. The van der Waals surface area contributed by atoms with E-state index in [0.717, 1.165) is 35.3 Å². The number of aliphatic hydroxyl groups is 1. The Labute approximate surface area is 219 Å². The third-order valence-corrected chi connectivity index (χ3v) is 7.20. The fraction of sp³-hybridized carbons (Fsp3) is 0.242. The molecule has 1 heterocycles. The number of nitrogens with zero attached hydrogens (tertiary/aromatic N) is 1. The topological polar surface area (TPSA) is 49.8 Å². The maximum Gasteiger partial charge on any atom is 0.347 e. The van der Waals surface area contributed by atoms with Gasteiger partial charge in [-0.25, -0.2) is 4.79 Å². The molecule has 4 nitrogen and oxygen atoms in total. The van der Waals surface area contributed by atoms with Gasteiger partial charge in [-0.15, -0.1) is 0 Å². The number of rotatable bonds is 8. The van der Waals surface area contributed by atoms with Crippen LogP contribution in [0.5, 0.6) is 0 Å². The summed E-state index contributed by atoms with van der Waals surface area (Å²) in [5, 5.41) is 12.0. The molecule has 0 spiro atoms. The van der Waals surface area contributed by atoms with Crippen LogP contribution >= 0.6 is 0 Å². The lowest BCUT2D eigenvalue weighted by molar-refractivity contribution is -0.162. The Bertz CT molecular complexity index is 1200. The molecule has 5 rings (SSSR count). The third-order valence-electron chi connectivity index (χ3n) is 7.20. The maximum atomic E-state index is 13.5. The number of hydrogen-bond donors (Lipinski definition) is 1. The minimum atomic E-state index is -1.91. The molecule has 37 heavy (non-hydrogen) atoms. The summed E-state index contributed by atoms with van der Waals surface area (Å²) in [7, 11) is 0. The molecule has 0 radical (unpaired) electrons. The molecule has 0 amide bonds. The van der Waals surface area contributed by atoms with E-state index in [9.17, 15) is 9.90 Å². The van der Waals surface area contributed by atoms with E-state index < -0.39 is 11.6 Å². The van der Waals surface area contributed by atoms with Gasteiger partial charge in [0, 0.05) is 6.54 Å². The van der Waals surface area contributed by atoms with Crippen molar-refractivity contribution in [1.29, 1.82) is 0 Å². The second-order valence-corrected chi connectivity index (χ2v) is 9.64. The molecule has 0 unspecified atom stereocenters. The van der Waals surface area contributed by atoms with Gasteiger partial charge in [-0.05, 0) is 59.3 Å². The first-order chi connectivity index (χ1) is 18.1. The maximum absolute atomic E-state index is 13.5. The standard InChI is InChI=1S/C33H33NO3/c35-32(37-25-24-34-22-8-3-9-23-34)33(36,30-18-14-28(15-19-30)26-10-4-1-5-11-26)31-20-16-29(17-21-31)27-12-6-2-7-13-27/h1-2,4-7,10-21,36H,3,8-9,22-25H2. The Morgan fingerprint density at radius 3 is 1.54 bits per heavy atom. The molecule has 0 aromatic heterocycles. The van der Waals surface area contributed by atoms with Gasteiger partial charge in [-0.2, -0.15) is 0 Å². The zero-order chi connectivity index (χ0) is 25.5. The van der Waals surface area contributed by atoms with E-state index in [2.05, 4.69) is 4.90 Å². The highest BCUT2D eigenvalue weighted by Gasteiger charge is 2.42. The van der Waals surface area contributed by atoms with E-state index in [1.54, 1.807) is 0 Å². The number of ether oxygens (including phenoxy) is 1. The van der Waals surface area contributed by atoms with Crippen LogP contribution in [0, 0.1) is 0 Å². The van der Waals surface area contributed by atoms with Gasteiger partial charge in [-0.3, -0.25) is 4.90 Å². The van der Waals surface area contributed by atoms with E-state index in [4.69, 9.17) is 4.74 Å². The van der Waals surface area contributed by atoms with Gasteiger partial charge in [0.05, 0.1) is 0 Å². The summed E-state index contributed by atoms with van der Waals surface area (Å²) in [5.41, 5.74) is 3.26. The second-order valence-electron chi connectivity index (χ2n) is 9.64. The lowest BCUT2D eigenvalue weighted by atomic mass is 9.85. The first-order valence-corrected chi connectivity index (χ1v) is 13.1. The summed E-state index contributed by atoms with van der Waals surface area (Å²) in [6, 6.07) is 35.1. The minimum Gasteiger partial charge on any atom is -0.462 e. The molecule has 0 bridgehead atoms. The lowest BCUT2D eigenvalue weighted by Crippen LogP contribution is -2.40. The van der Waals surface area contributed by atoms with Crippen molar-refractivity contribution in [2.75, 3.05) is 26.2 Å². The van der Waals surface area contributed by atoms with E-state index in [1.807, 2.05) is 109 Å². The Morgan fingerprint density at radius 1 is 0.649 bits per heavy atom. The molecule has 1 aliphatic heterocycles. The fourth-order valence-electron chi connectivity index (χ4n) is 5.03. The predicted octanol–water partition coefficient (Wildman–Crippen LogP) is 6.29. The Hall–Kier alpha value is -3.73. The number of carbonyl (C=O) groups excluding carboxylic acids is 1. The van der Waals surface area contributed by atoms with Crippen molar-refractivity contribution in [2.24, 2.45) is 0 Å². The van der Waals surface area contributed by atoms with Crippen LogP contribution in [0.1, 0.15) is 30.4 Å². The number of carbonyl (C=O) groups is 1. The van der Waals surface area contributed by atoms with Gasteiger partial charge in [-0.1, -0.05) is 116 Å². The van der Waals surface area contributed by atoms with Gasteiger partial charge in [0.2, 0.25) is 5.60 Å². The highest BCUT2D eigenvalue weighted by Crippen LogP contribution is 2.34. The SMILES string of the molecule is O=C(OCCN1CCCCC1)C(O)(c1ccc(-c2ccccc2)cc1)c1ccc(-c2ccccc2)cc1. The summed E-state index contributed by atoms with van der Waals surface area (Å²) in [6.45, 7) is 3.00. The summed E-state index contributed by atoms with van der Waals surface area (Å²) >= 11 is 0. The van der Waals surface area contributed by atoms with Crippen LogP contribution in [0.15, 0.2) is 109 Å². The summed E-state index contributed by atoms with van der Waals surface area (Å²) in [6.07, 6.45) is 3.62. The zero-order valence-electron chi connectivity index (χ0n) is 21.1. The number of benzene rings is 4. The monoisotopic (exact) mass is 491 g/mol. The van der Waals surface area contributed by atoms with Crippen molar-refractivity contribution in [3.8, 4) is 22.3 Å². The number of likely N-dealkylation sites (tertiary alicyclic amines) is 1. The zero-order valence-corrected chi connectivity index (χ0v) is 21.1. The summed E-state index contributed by atoms with van der Waals surface area (Å²) in [5.74, 6) is -0.649. The van der Waals surface area contributed by atoms with E-state index in [0.29, 0.717) is 17.7 Å². The molecule has 1 aliphatic rings. The second kappa shape index (κ2) is 11.5. The fourth-order valence-corrected chi connectivity index (χ4v) is 5.03. The van der Waals surface area contributed by atoms with Crippen LogP contribution in [-0.4, -0.2) is 42.2 Å². The van der Waals surface area contributed by atoms with Gasteiger partial charge in [0.25, 0.3) is 0 Å². The molecular formula is C33H33NO3. The molecule has 4 aromatic carbocycles. The van der Waals surface area contributed by atoms with Crippen molar-refractivity contribution in [1.82, 2.24) is 4.90 Å². The smallest absolute Gasteiger partial charge is 0.347 e. The Balaban J connectivity index is 1.42. The molecule has 1 N–H and O–H groups in total. The van der Waals surface area contributed by atoms with Crippen LogP contribution in [0.3, 0.4) is 0 Å². The highest BCUT2D eigenvalue weighted by atomic mass is 16.5. The van der Waals surface area contributed by atoms with Crippen molar-refractivity contribution in [3.05, 3.63) is 120 Å². The molecule has 0 aliphatic carbocycles. The Morgan fingerprint density at radius 2 is 1.08 bits per heavy atom. The number of hydrogen-bond acceptors (Lipinski definition) is 4. The van der Waals surface area contributed by atoms with Crippen LogP contribution in [-0.2, 0) is 15.1 Å². The molecule has 4 heteroatoms. The van der Waals surface area contributed by atoms with Crippen molar-refractivity contribution in [3.63, 3.8) is 0 Å². The van der Waals surface area contributed by atoms with E-state index >= 15 is 0 Å². The van der Waals surface area contributed by atoms with Crippen molar-refractivity contribution >= 4 is 5.97 Å². The summed E-state index contributed by atoms with van der Waals surface area (Å²) in [4.78, 5) is 15.8. The molecule has 188 valence electrons. The first-order valence-electron chi connectivity index (χ1n) is 13.1. The predicted molar refractivity (Wildman–Crippen MR) is 148 cm³/mol. The molecule has 1 fully saturated rings. The quantitative estimate of drug-likeness (QED) is 0.295. The van der Waals surface area contributed by atoms with Crippen LogP contribution in [0.4, 0.5) is 0 Å². The number of esters is 1. The molecule has 1 saturated heterocycles. The van der Waals surface area contributed by atoms with Crippen molar-refractivity contribution in [2.45, 2.75) is 24.9 Å². The minimum absolute atomic E-state index is 0.255. The van der Waals surface area contributed by atoms with Crippen LogP contribution in [0.25, 0.3) is 22.3 Å². The van der Waals surface area contributed by atoms with E-state index in [-0.39, 0.29) is 6.61 Å². The van der Waals surface area contributed by atoms with Crippen LogP contribution in [0.2, 0.25) is 0 Å². The third kappa shape index (κ3) is 5.66. The molecule has 0 saturated carbocycles. The number of piperidine rings is 1. The van der Waals surface area contributed by atoms with E-state index in [1.165, 1.54) is 19.3 Å². The molecule has 0 atom stereocenters. The van der Waals surface area contributed by atoms with Crippen LogP contribution < -0.4 is 0 Å². The lowest BCUT2D eigenvalue weighted by Gasteiger charge is -2.29.